The molecule has 1 aliphatic carbocycles. The third kappa shape index (κ3) is 4.08. The summed E-state index contributed by atoms with van der Waals surface area (Å²) in [5.74, 6) is 1.29. The van der Waals surface area contributed by atoms with Crippen LogP contribution in [-0.2, 0) is 0 Å². The summed E-state index contributed by atoms with van der Waals surface area (Å²) in [5.41, 5.74) is 0.833. The molecule has 0 atom stereocenters. The third-order valence-electron chi connectivity index (χ3n) is 5.00. The Labute approximate surface area is 163 Å². The molecule has 0 bridgehead atoms. The lowest BCUT2D eigenvalue weighted by atomic mass is 9.96. The largest absolute Gasteiger partial charge is 0.351 e. The van der Waals surface area contributed by atoms with Crippen molar-refractivity contribution in [2.75, 3.05) is 17.3 Å². The second-order valence-corrected chi connectivity index (χ2v) is 7.01. The van der Waals surface area contributed by atoms with Crippen LogP contribution in [0.25, 0.3) is 11.4 Å². The Morgan fingerprint density at radius 2 is 1.79 bits per heavy atom. The number of aromatic nitrogens is 4. The molecule has 0 radical (unpaired) electrons. The molecule has 1 fully saturated rings. The molecule has 28 heavy (non-hydrogen) atoms. The molecule has 144 valence electrons. The second-order valence-electron chi connectivity index (χ2n) is 7.01. The van der Waals surface area contributed by atoms with Crippen molar-refractivity contribution >= 4 is 17.6 Å². The Morgan fingerprint density at radius 1 is 1.00 bits per heavy atom. The molecule has 0 saturated heterocycles. The summed E-state index contributed by atoms with van der Waals surface area (Å²) in [7, 11) is 1.74. The highest BCUT2D eigenvalue weighted by Gasteiger charge is 2.17. The quantitative estimate of drug-likeness (QED) is 0.701. The van der Waals surface area contributed by atoms with Crippen molar-refractivity contribution in [2.45, 2.75) is 38.1 Å². The lowest BCUT2D eigenvalue weighted by molar-refractivity contribution is 0.461. The third-order valence-corrected chi connectivity index (χ3v) is 5.00. The first kappa shape index (κ1) is 18.3. The minimum atomic E-state index is -0.498. The zero-order valence-corrected chi connectivity index (χ0v) is 15.8. The fraction of sp³-hybridized carbons (Fsp3) is 0.333. The maximum absolute atomic E-state index is 14.5. The van der Waals surface area contributed by atoms with Crippen LogP contribution in [0.2, 0.25) is 0 Å². The monoisotopic (exact) mass is 378 g/mol. The van der Waals surface area contributed by atoms with E-state index in [2.05, 4.69) is 25.3 Å². The molecule has 0 aliphatic heterocycles. The van der Waals surface area contributed by atoms with Gasteiger partial charge in [-0.05, 0) is 18.9 Å². The van der Waals surface area contributed by atoms with Crippen LogP contribution in [0.3, 0.4) is 0 Å². The minimum Gasteiger partial charge on any atom is -0.351 e. The SMILES string of the molecule is CN(c1ccnc(NC2CCCCC2)n1)c1nc(-c2ccccc2)ncc1F. The fourth-order valence-corrected chi connectivity index (χ4v) is 3.46. The molecular formula is C21H23FN6. The maximum Gasteiger partial charge on any atom is 0.224 e. The van der Waals surface area contributed by atoms with E-state index in [9.17, 15) is 4.39 Å². The molecule has 1 N–H and O–H groups in total. The summed E-state index contributed by atoms with van der Waals surface area (Å²) >= 11 is 0. The normalized spacial score (nSPS) is 14.6. The molecule has 1 aliphatic rings. The number of anilines is 3. The van der Waals surface area contributed by atoms with Crippen LogP contribution in [0.15, 0.2) is 48.8 Å². The summed E-state index contributed by atoms with van der Waals surface area (Å²) in [6.07, 6.45) is 8.88. The number of rotatable bonds is 5. The topological polar surface area (TPSA) is 66.8 Å². The highest BCUT2D eigenvalue weighted by molar-refractivity contribution is 5.61. The van der Waals surface area contributed by atoms with E-state index in [0.29, 0.717) is 23.6 Å². The molecule has 2 aromatic heterocycles. The van der Waals surface area contributed by atoms with Crippen molar-refractivity contribution < 1.29 is 4.39 Å². The second kappa shape index (κ2) is 8.29. The van der Waals surface area contributed by atoms with Crippen molar-refractivity contribution in [3.63, 3.8) is 0 Å². The van der Waals surface area contributed by atoms with Crippen LogP contribution in [0.5, 0.6) is 0 Å². The Bertz CT molecular complexity index is 927. The first-order chi connectivity index (χ1) is 13.7. The van der Waals surface area contributed by atoms with Crippen LogP contribution in [0.1, 0.15) is 32.1 Å². The van der Waals surface area contributed by atoms with Gasteiger partial charge in [-0.1, -0.05) is 49.6 Å². The summed E-state index contributed by atoms with van der Waals surface area (Å²) in [6.45, 7) is 0. The Hall–Kier alpha value is -3.09. The van der Waals surface area contributed by atoms with E-state index in [1.807, 2.05) is 30.3 Å². The smallest absolute Gasteiger partial charge is 0.224 e. The lowest BCUT2D eigenvalue weighted by Crippen LogP contribution is -2.24. The van der Waals surface area contributed by atoms with Gasteiger partial charge in [-0.2, -0.15) is 4.98 Å². The van der Waals surface area contributed by atoms with Crippen molar-refractivity contribution in [1.29, 1.82) is 0 Å². The van der Waals surface area contributed by atoms with Gasteiger partial charge in [-0.3, -0.25) is 0 Å². The standard InChI is InChI=1S/C21H23FN6/c1-28(18-12-13-23-21(26-18)25-16-10-6-3-7-11-16)20-17(22)14-24-19(27-20)15-8-4-2-5-9-15/h2,4-5,8-9,12-14,16H,3,6-7,10-11H2,1H3,(H,23,25,26). The molecule has 7 heteroatoms. The number of halogens is 1. The first-order valence-corrected chi connectivity index (χ1v) is 9.62. The van der Waals surface area contributed by atoms with Gasteiger partial charge in [0.2, 0.25) is 5.95 Å². The van der Waals surface area contributed by atoms with Crippen molar-refractivity contribution in [2.24, 2.45) is 0 Å². The van der Waals surface area contributed by atoms with Gasteiger partial charge in [0.25, 0.3) is 0 Å². The zero-order chi connectivity index (χ0) is 19.3. The van der Waals surface area contributed by atoms with Gasteiger partial charge in [0.05, 0.1) is 6.20 Å². The van der Waals surface area contributed by atoms with Crippen molar-refractivity contribution in [3.05, 3.63) is 54.6 Å². The number of nitrogens with one attached hydrogen (secondary N) is 1. The van der Waals surface area contributed by atoms with Gasteiger partial charge >= 0.3 is 0 Å². The molecule has 1 aromatic carbocycles. The van der Waals surface area contributed by atoms with E-state index in [1.54, 1.807) is 24.2 Å². The molecule has 6 nitrogen and oxygen atoms in total. The van der Waals surface area contributed by atoms with E-state index in [1.165, 1.54) is 25.5 Å². The number of benzene rings is 1. The Balaban J connectivity index is 1.59. The fourth-order valence-electron chi connectivity index (χ4n) is 3.46. The number of hydrogen-bond acceptors (Lipinski definition) is 6. The highest BCUT2D eigenvalue weighted by Crippen LogP contribution is 2.26. The zero-order valence-electron chi connectivity index (χ0n) is 15.8. The van der Waals surface area contributed by atoms with E-state index in [4.69, 9.17) is 0 Å². The van der Waals surface area contributed by atoms with Crippen LogP contribution < -0.4 is 10.2 Å². The molecule has 1 saturated carbocycles. The summed E-state index contributed by atoms with van der Waals surface area (Å²) in [4.78, 5) is 19.1. The van der Waals surface area contributed by atoms with Crippen molar-refractivity contribution in [3.8, 4) is 11.4 Å². The summed E-state index contributed by atoms with van der Waals surface area (Å²) < 4.78 is 14.5. The average Bonchev–Trinajstić information content (AvgIpc) is 2.75. The highest BCUT2D eigenvalue weighted by atomic mass is 19.1. The number of hydrogen-bond donors (Lipinski definition) is 1. The van der Waals surface area contributed by atoms with Gasteiger partial charge in [0.15, 0.2) is 17.5 Å². The summed E-state index contributed by atoms with van der Waals surface area (Å²) in [6, 6.07) is 11.7. The van der Waals surface area contributed by atoms with Crippen LogP contribution in [0.4, 0.5) is 22.0 Å². The first-order valence-electron chi connectivity index (χ1n) is 9.62. The Kier molecular flexibility index (Phi) is 5.41. The molecular weight excluding hydrogens is 355 g/mol. The molecule has 0 spiro atoms. The van der Waals surface area contributed by atoms with Crippen molar-refractivity contribution in [1.82, 2.24) is 19.9 Å². The molecule has 3 aromatic rings. The maximum atomic E-state index is 14.5. The molecule has 0 unspecified atom stereocenters. The predicted octanol–water partition coefficient (Wildman–Crippen LogP) is 4.59. The molecule has 0 amide bonds. The summed E-state index contributed by atoms with van der Waals surface area (Å²) in [5, 5.41) is 3.40. The van der Waals surface area contributed by atoms with Gasteiger partial charge < -0.3 is 10.2 Å². The average molecular weight is 378 g/mol. The number of nitrogens with zero attached hydrogens (tertiary/aromatic N) is 5. The van der Waals surface area contributed by atoms with E-state index in [-0.39, 0.29) is 5.82 Å². The molecule has 2 heterocycles. The van der Waals surface area contributed by atoms with E-state index < -0.39 is 5.82 Å². The van der Waals surface area contributed by atoms with E-state index in [0.717, 1.165) is 18.4 Å². The van der Waals surface area contributed by atoms with Gasteiger partial charge in [0, 0.05) is 24.8 Å². The molecule has 4 rings (SSSR count). The van der Waals surface area contributed by atoms with Gasteiger partial charge in [-0.15, -0.1) is 0 Å². The van der Waals surface area contributed by atoms with Gasteiger partial charge in [0.1, 0.15) is 5.82 Å². The lowest BCUT2D eigenvalue weighted by Gasteiger charge is -2.23. The van der Waals surface area contributed by atoms with Crippen LogP contribution in [0, 0.1) is 5.82 Å². The predicted molar refractivity (Wildman–Crippen MR) is 108 cm³/mol. The van der Waals surface area contributed by atoms with Crippen LogP contribution in [-0.4, -0.2) is 33.0 Å². The minimum absolute atomic E-state index is 0.177. The van der Waals surface area contributed by atoms with Crippen LogP contribution >= 0.6 is 0 Å². The van der Waals surface area contributed by atoms with E-state index >= 15 is 0 Å². The Morgan fingerprint density at radius 3 is 2.57 bits per heavy atom. The van der Waals surface area contributed by atoms with Gasteiger partial charge in [-0.25, -0.2) is 19.3 Å².